The first-order valence-corrected chi connectivity index (χ1v) is 6.38. The molecule has 0 fully saturated rings. The number of carbonyl (C=O) groups excluding carboxylic acids is 1. The van der Waals surface area contributed by atoms with Crippen LogP contribution >= 0.6 is 0 Å². The zero-order valence-electron chi connectivity index (χ0n) is 11.7. The van der Waals surface area contributed by atoms with Crippen LogP contribution in [0.4, 0.5) is 14.5 Å². The molecule has 0 saturated heterocycles. The molecule has 0 aliphatic heterocycles. The first-order valence-electron chi connectivity index (χ1n) is 6.38. The van der Waals surface area contributed by atoms with Crippen molar-refractivity contribution in [3.63, 3.8) is 0 Å². The van der Waals surface area contributed by atoms with Crippen LogP contribution in [0.15, 0.2) is 36.4 Å². The van der Waals surface area contributed by atoms with Crippen LogP contribution in [0.2, 0.25) is 0 Å². The fraction of sp³-hybridized carbons (Fsp3) is 0.188. The summed E-state index contributed by atoms with van der Waals surface area (Å²) in [5.74, 6) is -1.28. The summed E-state index contributed by atoms with van der Waals surface area (Å²) in [7, 11) is 1.26. The Morgan fingerprint density at radius 1 is 1.19 bits per heavy atom. The van der Waals surface area contributed by atoms with Crippen molar-refractivity contribution in [3.8, 4) is 0 Å². The predicted octanol–water partition coefficient (Wildman–Crippen LogP) is 3.67. The van der Waals surface area contributed by atoms with Crippen LogP contribution in [-0.4, -0.2) is 13.1 Å². The standard InChI is InChI=1S/C16H15F2NO2/c1-10-7-11(3-6-14(10)18)9-19-15-8-12(17)4-5-13(15)16(20)21-2/h3-8,19H,9H2,1-2H3. The molecular formula is C16H15F2NO2. The molecule has 3 nitrogen and oxygen atoms in total. The molecule has 0 atom stereocenters. The predicted molar refractivity (Wildman–Crippen MR) is 76.2 cm³/mol. The van der Waals surface area contributed by atoms with Gasteiger partial charge in [-0.3, -0.25) is 0 Å². The molecule has 2 aromatic carbocycles. The van der Waals surface area contributed by atoms with E-state index in [2.05, 4.69) is 10.1 Å². The maximum Gasteiger partial charge on any atom is 0.339 e. The Hall–Kier alpha value is -2.43. The Kier molecular flexibility index (Phi) is 4.52. The van der Waals surface area contributed by atoms with E-state index >= 15 is 0 Å². The van der Waals surface area contributed by atoms with Crippen molar-refractivity contribution in [3.05, 3.63) is 64.7 Å². The lowest BCUT2D eigenvalue weighted by Crippen LogP contribution is -2.09. The number of methoxy groups -OCH3 is 1. The molecule has 21 heavy (non-hydrogen) atoms. The zero-order valence-corrected chi connectivity index (χ0v) is 11.7. The molecule has 0 saturated carbocycles. The normalized spacial score (nSPS) is 10.3. The summed E-state index contributed by atoms with van der Waals surface area (Å²) in [4.78, 5) is 11.6. The fourth-order valence-corrected chi connectivity index (χ4v) is 1.96. The average molecular weight is 291 g/mol. The maximum atomic E-state index is 13.3. The van der Waals surface area contributed by atoms with E-state index in [9.17, 15) is 13.6 Å². The van der Waals surface area contributed by atoms with Crippen LogP contribution in [0.1, 0.15) is 21.5 Å². The highest BCUT2D eigenvalue weighted by Gasteiger charge is 2.12. The van der Waals surface area contributed by atoms with E-state index in [1.807, 2.05) is 0 Å². The first-order chi connectivity index (χ1) is 10.0. The lowest BCUT2D eigenvalue weighted by Gasteiger charge is -2.11. The highest BCUT2D eigenvalue weighted by Crippen LogP contribution is 2.19. The number of ether oxygens (including phenoxy) is 1. The van der Waals surface area contributed by atoms with Gasteiger partial charge in [0.1, 0.15) is 11.6 Å². The van der Waals surface area contributed by atoms with Crippen LogP contribution in [0.25, 0.3) is 0 Å². The van der Waals surface area contributed by atoms with Gasteiger partial charge in [0.25, 0.3) is 0 Å². The number of carbonyl (C=O) groups is 1. The van der Waals surface area contributed by atoms with Gasteiger partial charge in [-0.15, -0.1) is 0 Å². The Balaban J connectivity index is 2.20. The lowest BCUT2D eigenvalue weighted by atomic mass is 10.1. The molecule has 0 aromatic heterocycles. The van der Waals surface area contributed by atoms with Gasteiger partial charge in [-0.05, 0) is 42.3 Å². The van der Waals surface area contributed by atoms with E-state index in [1.54, 1.807) is 19.1 Å². The molecule has 2 aromatic rings. The number of halogens is 2. The van der Waals surface area contributed by atoms with Gasteiger partial charge in [0.05, 0.1) is 18.4 Å². The Bertz CT molecular complexity index is 671. The second-order valence-electron chi connectivity index (χ2n) is 4.62. The van der Waals surface area contributed by atoms with Crippen molar-refractivity contribution in [2.75, 3.05) is 12.4 Å². The molecule has 0 aliphatic carbocycles. The zero-order chi connectivity index (χ0) is 15.4. The van der Waals surface area contributed by atoms with Gasteiger partial charge in [-0.25, -0.2) is 13.6 Å². The second-order valence-corrected chi connectivity index (χ2v) is 4.62. The summed E-state index contributed by atoms with van der Waals surface area (Å²) in [6.07, 6.45) is 0. The third kappa shape index (κ3) is 3.56. The summed E-state index contributed by atoms with van der Waals surface area (Å²) >= 11 is 0. The number of benzene rings is 2. The Labute approximate surface area is 121 Å². The molecule has 0 unspecified atom stereocenters. The van der Waals surface area contributed by atoms with Crippen molar-refractivity contribution < 1.29 is 18.3 Å². The molecule has 0 aliphatic rings. The van der Waals surface area contributed by atoms with Crippen LogP contribution in [0.5, 0.6) is 0 Å². The van der Waals surface area contributed by atoms with E-state index in [-0.39, 0.29) is 11.4 Å². The molecule has 0 heterocycles. The Morgan fingerprint density at radius 2 is 1.95 bits per heavy atom. The number of aryl methyl sites for hydroxylation is 1. The minimum absolute atomic E-state index is 0.248. The minimum Gasteiger partial charge on any atom is -0.465 e. The number of nitrogens with one attached hydrogen (secondary N) is 1. The third-order valence-corrected chi connectivity index (χ3v) is 3.09. The Morgan fingerprint density at radius 3 is 2.62 bits per heavy atom. The maximum absolute atomic E-state index is 13.3. The van der Waals surface area contributed by atoms with E-state index in [4.69, 9.17) is 0 Å². The summed E-state index contributed by atoms with van der Waals surface area (Å²) in [5.41, 5.74) is 1.94. The highest BCUT2D eigenvalue weighted by molar-refractivity contribution is 5.95. The van der Waals surface area contributed by atoms with E-state index in [1.165, 1.54) is 31.4 Å². The quantitative estimate of drug-likeness (QED) is 0.873. The second kappa shape index (κ2) is 6.35. The van der Waals surface area contributed by atoms with Crippen molar-refractivity contribution in [2.24, 2.45) is 0 Å². The van der Waals surface area contributed by atoms with Crippen molar-refractivity contribution >= 4 is 11.7 Å². The molecule has 0 amide bonds. The molecule has 0 bridgehead atoms. The van der Waals surface area contributed by atoms with Gasteiger partial charge in [0, 0.05) is 6.54 Å². The minimum atomic E-state index is -0.548. The van der Waals surface area contributed by atoms with E-state index in [0.29, 0.717) is 17.8 Å². The van der Waals surface area contributed by atoms with Crippen molar-refractivity contribution in [1.29, 1.82) is 0 Å². The van der Waals surface area contributed by atoms with Gasteiger partial charge in [0.2, 0.25) is 0 Å². The number of hydrogen-bond acceptors (Lipinski definition) is 3. The molecule has 0 radical (unpaired) electrons. The van der Waals surface area contributed by atoms with E-state index < -0.39 is 11.8 Å². The summed E-state index contributed by atoms with van der Waals surface area (Å²) in [6, 6.07) is 8.48. The average Bonchev–Trinajstić information content (AvgIpc) is 2.48. The molecule has 0 spiro atoms. The molecular weight excluding hydrogens is 276 g/mol. The van der Waals surface area contributed by atoms with E-state index in [0.717, 1.165) is 5.56 Å². The largest absolute Gasteiger partial charge is 0.465 e. The van der Waals surface area contributed by atoms with Gasteiger partial charge >= 0.3 is 5.97 Å². The summed E-state index contributed by atoms with van der Waals surface area (Å²) in [6.45, 7) is 2.01. The first kappa shape index (κ1) is 15.0. The van der Waals surface area contributed by atoms with Crippen LogP contribution in [0, 0.1) is 18.6 Å². The van der Waals surface area contributed by atoms with Crippen LogP contribution < -0.4 is 5.32 Å². The molecule has 5 heteroatoms. The van der Waals surface area contributed by atoms with Crippen LogP contribution in [-0.2, 0) is 11.3 Å². The van der Waals surface area contributed by atoms with Crippen molar-refractivity contribution in [1.82, 2.24) is 0 Å². The molecule has 1 N–H and O–H groups in total. The molecule has 110 valence electrons. The van der Waals surface area contributed by atoms with Crippen LogP contribution in [0.3, 0.4) is 0 Å². The van der Waals surface area contributed by atoms with Gasteiger partial charge in [-0.2, -0.15) is 0 Å². The van der Waals surface area contributed by atoms with Crippen molar-refractivity contribution in [2.45, 2.75) is 13.5 Å². The van der Waals surface area contributed by atoms with Gasteiger partial charge in [0.15, 0.2) is 0 Å². The topological polar surface area (TPSA) is 38.3 Å². The van der Waals surface area contributed by atoms with Gasteiger partial charge in [-0.1, -0.05) is 12.1 Å². The number of anilines is 1. The van der Waals surface area contributed by atoms with Gasteiger partial charge < -0.3 is 10.1 Å². The number of rotatable bonds is 4. The number of esters is 1. The monoisotopic (exact) mass is 291 g/mol. The lowest BCUT2D eigenvalue weighted by molar-refractivity contribution is 0.0601. The molecule has 2 rings (SSSR count). The fourth-order valence-electron chi connectivity index (χ4n) is 1.96. The third-order valence-electron chi connectivity index (χ3n) is 3.09. The SMILES string of the molecule is COC(=O)c1ccc(F)cc1NCc1ccc(F)c(C)c1. The summed E-state index contributed by atoms with van der Waals surface area (Å²) in [5, 5.41) is 2.97. The highest BCUT2D eigenvalue weighted by atomic mass is 19.1. The smallest absolute Gasteiger partial charge is 0.339 e. The number of hydrogen-bond donors (Lipinski definition) is 1. The summed E-state index contributed by atoms with van der Waals surface area (Å²) < 4.78 is 31.2.